The maximum absolute atomic E-state index is 9.40. The highest BCUT2D eigenvalue weighted by atomic mass is 16.5. The molecule has 1 unspecified atom stereocenters. The van der Waals surface area contributed by atoms with Crippen LogP contribution in [0.1, 0.15) is 12.5 Å². The Labute approximate surface area is 124 Å². The van der Waals surface area contributed by atoms with Crippen LogP contribution in [0.3, 0.4) is 0 Å². The Hall–Kier alpha value is -2.51. The van der Waals surface area contributed by atoms with Gasteiger partial charge in [-0.1, -0.05) is 42.5 Å². The van der Waals surface area contributed by atoms with E-state index in [1.807, 2.05) is 55.5 Å². The third-order valence-electron chi connectivity index (χ3n) is 3.09. The fraction of sp³-hybridized carbons (Fsp3) is 0.235. The van der Waals surface area contributed by atoms with Crippen molar-refractivity contribution < 1.29 is 9.47 Å². The Morgan fingerprint density at radius 1 is 1.00 bits per heavy atom. The average molecular weight is 282 g/mol. The first-order valence-corrected chi connectivity index (χ1v) is 6.80. The summed E-state index contributed by atoms with van der Waals surface area (Å²) in [6.45, 7) is 2.51. The predicted octanol–water partition coefficient (Wildman–Crippen LogP) is 2.84. The highest BCUT2D eigenvalue weighted by Gasteiger charge is 2.28. The summed E-state index contributed by atoms with van der Waals surface area (Å²) in [6.07, 6.45) is 0. The molecule has 0 fully saturated rings. The molecule has 0 heterocycles. The minimum Gasteiger partial charge on any atom is -0.490 e. The largest absolute Gasteiger partial charge is 0.490 e. The number of ether oxygens (including phenoxy) is 2. The van der Waals surface area contributed by atoms with Gasteiger partial charge in [0.05, 0.1) is 12.7 Å². The molecule has 0 spiro atoms. The smallest absolute Gasteiger partial charge is 0.164 e. The van der Waals surface area contributed by atoms with Crippen molar-refractivity contribution in [2.45, 2.75) is 12.5 Å². The van der Waals surface area contributed by atoms with Crippen LogP contribution in [-0.4, -0.2) is 13.2 Å². The molecule has 0 aliphatic rings. The van der Waals surface area contributed by atoms with Gasteiger partial charge in [-0.25, -0.2) is 0 Å². The van der Waals surface area contributed by atoms with Gasteiger partial charge in [0.25, 0.3) is 0 Å². The number of para-hydroxylation sites is 2. The Morgan fingerprint density at radius 3 is 2.14 bits per heavy atom. The Morgan fingerprint density at radius 2 is 1.57 bits per heavy atom. The summed E-state index contributed by atoms with van der Waals surface area (Å²) in [5.74, 6) is 1.23. The zero-order valence-corrected chi connectivity index (χ0v) is 12.0. The van der Waals surface area contributed by atoms with Crippen molar-refractivity contribution in [2.24, 2.45) is 5.73 Å². The number of benzene rings is 2. The van der Waals surface area contributed by atoms with Crippen LogP contribution in [0.5, 0.6) is 11.5 Å². The SMILES string of the molecule is CCOc1ccccc1OCC(N)(C#N)c1ccccc1. The van der Waals surface area contributed by atoms with Gasteiger partial charge in [-0.3, -0.25) is 0 Å². The fourth-order valence-corrected chi connectivity index (χ4v) is 1.95. The quantitative estimate of drug-likeness (QED) is 0.884. The minimum absolute atomic E-state index is 0.0532. The first-order valence-electron chi connectivity index (χ1n) is 6.80. The van der Waals surface area contributed by atoms with Crippen molar-refractivity contribution in [3.8, 4) is 17.6 Å². The lowest BCUT2D eigenvalue weighted by Crippen LogP contribution is -2.41. The summed E-state index contributed by atoms with van der Waals surface area (Å²) in [5.41, 5.74) is 5.69. The van der Waals surface area contributed by atoms with E-state index in [1.165, 1.54) is 0 Å². The zero-order chi connectivity index (χ0) is 15.1. The van der Waals surface area contributed by atoms with E-state index in [1.54, 1.807) is 6.07 Å². The number of nitrogens with zero attached hydrogens (tertiary/aromatic N) is 1. The predicted molar refractivity (Wildman–Crippen MR) is 81.0 cm³/mol. The second kappa shape index (κ2) is 6.78. The summed E-state index contributed by atoms with van der Waals surface area (Å²) >= 11 is 0. The van der Waals surface area contributed by atoms with Crippen LogP contribution in [0.15, 0.2) is 54.6 Å². The van der Waals surface area contributed by atoms with Gasteiger partial charge in [0.2, 0.25) is 0 Å². The van der Waals surface area contributed by atoms with Crippen molar-refractivity contribution in [2.75, 3.05) is 13.2 Å². The minimum atomic E-state index is -1.19. The first kappa shape index (κ1) is 14.9. The first-order chi connectivity index (χ1) is 10.2. The molecule has 2 aromatic rings. The van der Waals surface area contributed by atoms with Gasteiger partial charge in [0.15, 0.2) is 17.0 Å². The van der Waals surface area contributed by atoms with Crippen molar-refractivity contribution in [1.29, 1.82) is 5.26 Å². The van der Waals surface area contributed by atoms with Gasteiger partial charge >= 0.3 is 0 Å². The number of hydrogen-bond donors (Lipinski definition) is 1. The summed E-state index contributed by atoms with van der Waals surface area (Å²) in [4.78, 5) is 0. The van der Waals surface area contributed by atoms with Gasteiger partial charge in [-0.05, 0) is 24.6 Å². The average Bonchev–Trinajstić information content (AvgIpc) is 2.55. The monoisotopic (exact) mass is 282 g/mol. The Kier molecular flexibility index (Phi) is 4.81. The molecule has 0 saturated heterocycles. The molecular weight excluding hydrogens is 264 g/mol. The van der Waals surface area contributed by atoms with Crippen molar-refractivity contribution in [3.05, 3.63) is 60.2 Å². The van der Waals surface area contributed by atoms with Crippen LogP contribution in [0.2, 0.25) is 0 Å². The summed E-state index contributed by atoms with van der Waals surface area (Å²) < 4.78 is 11.2. The van der Waals surface area contributed by atoms with E-state index in [0.29, 0.717) is 18.1 Å². The lowest BCUT2D eigenvalue weighted by molar-refractivity contribution is 0.236. The molecule has 4 heteroatoms. The van der Waals surface area contributed by atoms with E-state index in [0.717, 1.165) is 5.56 Å². The van der Waals surface area contributed by atoms with E-state index in [4.69, 9.17) is 15.2 Å². The van der Waals surface area contributed by atoms with Crippen LogP contribution in [-0.2, 0) is 5.54 Å². The van der Waals surface area contributed by atoms with Crippen LogP contribution in [0, 0.1) is 11.3 Å². The summed E-state index contributed by atoms with van der Waals surface area (Å²) in [6, 6.07) is 18.7. The second-order valence-electron chi connectivity index (χ2n) is 4.62. The Bertz CT molecular complexity index is 622. The van der Waals surface area contributed by atoms with Crippen molar-refractivity contribution >= 4 is 0 Å². The normalized spacial score (nSPS) is 13.0. The molecule has 4 nitrogen and oxygen atoms in total. The van der Waals surface area contributed by atoms with E-state index < -0.39 is 5.54 Å². The van der Waals surface area contributed by atoms with Crippen LogP contribution in [0.4, 0.5) is 0 Å². The molecule has 0 aromatic heterocycles. The topological polar surface area (TPSA) is 68.3 Å². The van der Waals surface area contributed by atoms with Gasteiger partial charge < -0.3 is 15.2 Å². The van der Waals surface area contributed by atoms with Crippen LogP contribution >= 0.6 is 0 Å². The van der Waals surface area contributed by atoms with E-state index in [2.05, 4.69) is 6.07 Å². The van der Waals surface area contributed by atoms with Crippen molar-refractivity contribution in [1.82, 2.24) is 0 Å². The highest BCUT2D eigenvalue weighted by Crippen LogP contribution is 2.28. The molecule has 0 radical (unpaired) electrons. The van der Waals surface area contributed by atoms with E-state index in [9.17, 15) is 5.26 Å². The maximum Gasteiger partial charge on any atom is 0.164 e. The van der Waals surface area contributed by atoms with E-state index >= 15 is 0 Å². The van der Waals surface area contributed by atoms with Crippen LogP contribution < -0.4 is 15.2 Å². The summed E-state index contributed by atoms with van der Waals surface area (Å²) in [7, 11) is 0. The number of nitrogens with two attached hydrogens (primary N) is 1. The molecule has 108 valence electrons. The maximum atomic E-state index is 9.40. The van der Waals surface area contributed by atoms with Gasteiger partial charge in [0, 0.05) is 0 Å². The molecule has 0 saturated carbocycles. The van der Waals surface area contributed by atoms with Gasteiger partial charge in [0.1, 0.15) is 6.61 Å². The standard InChI is InChI=1S/C17H18N2O2/c1-2-20-15-10-6-7-11-16(15)21-13-17(19,12-18)14-8-4-3-5-9-14/h3-11H,2,13,19H2,1H3. The number of rotatable bonds is 6. The molecule has 0 bridgehead atoms. The lowest BCUT2D eigenvalue weighted by Gasteiger charge is -2.23. The third-order valence-corrected chi connectivity index (χ3v) is 3.09. The molecule has 2 rings (SSSR count). The molecule has 21 heavy (non-hydrogen) atoms. The highest BCUT2D eigenvalue weighted by molar-refractivity contribution is 5.40. The van der Waals surface area contributed by atoms with Gasteiger partial charge in [-0.2, -0.15) is 5.26 Å². The molecule has 0 aliphatic heterocycles. The molecule has 0 amide bonds. The van der Waals surface area contributed by atoms with Crippen molar-refractivity contribution in [3.63, 3.8) is 0 Å². The Balaban J connectivity index is 2.16. The van der Waals surface area contributed by atoms with Gasteiger partial charge in [-0.15, -0.1) is 0 Å². The lowest BCUT2D eigenvalue weighted by atomic mass is 9.94. The second-order valence-corrected chi connectivity index (χ2v) is 4.62. The summed E-state index contributed by atoms with van der Waals surface area (Å²) in [5, 5.41) is 9.40. The molecule has 1 atom stereocenters. The van der Waals surface area contributed by atoms with Crippen LogP contribution in [0.25, 0.3) is 0 Å². The third kappa shape index (κ3) is 3.53. The molecular formula is C17H18N2O2. The molecule has 2 aromatic carbocycles. The molecule has 2 N–H and O–H groups in total. The fourth-order valence-electron chi connectivity index (χ4n) is 1.95. The number of nitriles is 1. The number of hydrogen-bond acceptors (Lipinski definition) is 4. The zero-order valence-electron chi connectivity index (χ0n) is 12.0. The molecule has 0 aliphatic carbocycles. The van der Waals surface area contributed by atoms with E-state index in [-0.39, 0.29) is 6.61 Å².